The van der Waals surface area contributed by atoms with Crippen LogP contribution in [0.3, 0.4) is 0 Å². The Morgan fingerprint density at radius 3 is 2.31 bits per heavy atom. The van der Waals surface area contributed by atoms with Crippen molar-refractivity contribution in [2.75, 3.05) is 5.73 Å². The minimum absolute atomic E-state index is 0.0457. The van der Waals surface area contributed by atoms with Crippen molar-refractivity contribution in [3.63, 3.8) is 0 Å². The summed E-state index contributed by atoms with van der Waals surface area (Å²) in [5.74, 6) is -0.182. The van der Waals surface area contributed by atoms with Crippen molar-refractivity contribution in [1.82, 2.24) is 0 Å². The third kappa shape index (κ3) is 2.55. The molecule has 1 aromatic carbocycles. The summed E-state index contributed by atoms with van der Waals surface area (Å²) in [6.07, 6.45) is 0. The van der Waals surface area contributed by atoms with Crippen LogP contribution >= 0.6 is 0 Å². The minimum Gasteiger partial charge on any atom is -0.541 e. The second-order valence-electron chi connectivity index (χ2n) is 5.52. The zero-order valence-corrected chi connectivity index (χ0v) is 11.6. The fraction of sp³-hybridized carbons (Fsp3) is 0.500. The van der Waals surface area contributed by atoms with Crippen LogP contribution in [-0.4, -0.2) is 8.32 Å². The van der Waals surface area contributed by atoms with Crippen molar-refractivity contribution in [1.29, 1.82) is 0 Å². The van der Waals surface area contributed by atoms with Crippen LogP contribution in [0, 0.1) is 5.82 Å². The molecule has 0 aliphatic heterocycles. The number of hydrogen-bond donors (Lipinski definition) is 1. The van der Waals surface area contributed by atoms with Crippen LogP contribution in [0.4, 0.5) is 10.1 Å². The summed E-state index contributed by atoms with van der Waals surface area (Å²) < 4.78 is 19.6. The van der Waals surface area contributed by atoms with Gasteiger partial charge in [-0.3, -0.25) is 0 Å². The van der Waals surface area contributed by atoms with Gasteiger partial charge in [-0.25, -0.2) is 4.39 Å². The molecular weight excluding hydrogens is 221 g/mol. The molecule has 0 heterocycles. The Hall–Kier alpha value is -1.03. The molecule has 0 amide bonds. The molecule has 0 unspecified atom stereocenters. The van der Waals surface area contributed by atoms with E-state index in [0.29, 0.717) is 0 Å². The monoisotopic (exact) mass is 241 g/mol. The summed E-state index contributed by atoms with van der Waals surface area (Å²) >= 11 is 0. The summed E-state index contributed by atoms with van der Waals surface area (Å²) in [6.45, 7) is 10.5. The third-order valence-corrected chi connectivity index (χ3v) is 7.51. The zero-order valence-electron chi connectivity index (χ0n) is 10.6. The van der Waals surface area contributed by atoms with E-state index in [0.717, 1.165) is 0 Å². The highest BCUT2D eigenvalue weighted by atomic mass is 28.4. The Labute approximate surface area is 97.7 Å². The Morgan fingerprint density at radius 1 is 1.25 bits per heavy atom. The van der Waals surface area contributed by atoms with Crippen LogP contribution in [0.25, 0.3) is 0 Å². The van der Waals surface area contributed by atoms with Gasteiger partial charge < -0.3 is 10.2 Å². The minimum atomic E-state index is -2.00. The Balaban J connectivity index is 3.02. The molecule has 0 spiro atoms. The lowest BCUT2D eigenvalue weighted by Gasteiger charge is -2.36. The molecule has 0 aliphatic rings. The molecule has 0 fully saturated rings. The maximum absolute atomic E-state index is 13.7. The number of benzene rings is 1. The van der Waals surface area contributed by atoms with Gasteiger partial charge in [-0.15, -0.1) is 0 Å². The van der Waals surface area contributed by atoms with Crippen molar-refractivity contribution in [2.45, 2.75) is 38.9 Å². The van der Waals surface area contributed by atoms with Crippen LogP contribution in [0.1, 0.15) is 20.8 Å². The van der Waals surface area contributed by atoms with Crippen LogP contribution in [0.15, 0.2) is 18.2 Å². The Bertz CT molecular complexity index is 385. The smallest absolute Gasteiger partial charge is 0.250 e. The van der Waals surface area contributed by atoms with Crippen molar-refractivity contribution >= 4 is 14.0 Å². The van der Waals surface area contributed by atoms with Gasteiger partial charge in [0.2, 0.25) is 0 Å². The van der Waals surface area contributed by atoms with Gasteiger partial charge in [0.15, 0.2) is 5.82 Å². The molecule has 0 atom stereocenters. The standard InChI is InChI=1S/C12H20FNOSi/c1-12(2,3)16(4,5)15-10-8-6-7-9(14)11(10)13/h6-8H,14H2,1-5H3. The molecule has 0 saturated heterocycles. The second-order valence-corrected chi connectivity index (χ2v) is 10.2. The van der Waals surface area contributed by atoms with Crippen molar-refractivity contribution in [2.24, 2.45) is 0 Å². The summed E-state index contributed by atoms with van der Waals surface area (Å²) in [4.78, 5) is 0. The molecule has 4 heteroatoms. The van der Waals surface area contributed by atoms with E-state index < -0.39 is 14.1 Å². The van der Waals surface area contributed by atoms with Crippen molar-refractivity contribution in [3.05, 3.63) is 24.0 Å². The molecule has 1 aromatic rings. The van der Waals surface area contributed by atoms with Gasteiger partial charge in [0, 0.05) is 0 Å². The highest BCUT2D eigenvalue weighted by Crippen LogP contribution is 2.38. The molecule has 16 heavy (non-hydrogen) atoms. The van der Waals surface area contributed by atoms with Crippen LogP contribution < -0.4 is 10.2 Å². The topological polar surface area (TPSA) is 35.2 Å². The Kier molecular flexibility index (Phi) is 3.33. The highest BCUT2D eigenvalue weighted by Gasteiger charge is 2.39. The quantitative estimate of drug-likeness (QED) is 0.631. The average Bonchev–Trinajstić information content (AvgIpc) is 2.11. The lowest BCUT2D eigenvalue weighted by atomic mass is 10.2. The highest BCUT2D eigenvalue weighted by molar-refractivity contribution is 6.74. The second kappa shape index (κ2) is 4.09. The van der Waals surface area contributed by atoms with Crippen molar-refractivity contribution < 1.29 is 8.82 Å². The number of halogens is 1. The van der Waals surface area contributed by atoms with Gasteiger partial charge in [-0.2, -0.15) is 0 Å². The first-order chi connectivity index (χ1) is 7.15. The summed E-state index contributed by atoms with van der Waals surface area (Å²) in [5.41, 5.74) is 5.64. The van der Waals surface area contributed by atoms with Crippen LogP contribution in [-0.2, 0) is 0 Å². The number of rotatable bonds is 2. The first-order valence-corrected chi connectivity index (χ1v) is 8.29. The molecule has 2 N–H and O–H groups in total. The largest absolute Gasteiger partial charge is 0.541 e. The fourth-order valence-corrected chi connectivity index (χ4v) is 2.05. The summed E-state index contributed by atoms with van der Waals surface area (Å²) in [7, 11) is -2.00. The SMILES string of the molecule is CC(C)(C)[Si](C)(C)Oc1cccc(N)c1F. The van der Waals surface area contributed by atoms with E-state index in [4.69, 9.17) is 10.2 Å². The molecule has 0 bridgehead atoms. The van der Waals surface area contributed by atoms with Crippen LogP contribution in [0.2, 0.25) is 18.1 Å². The first kappa shape index (κ1) is 13.0. The maximum atomic E-state index is 13.7. The zero-order chi connectivity index (χ0) is 12.6. The third-order valence-electron chi connectivity index (χ3n) is 3.16. The lowest BCUT2D eigenvalue weighted by molar-refractivity contribution is 0.458. The van der Waals surface area contributed by atoms with Crippen LogP contribution in [0.5, 0.6) is 5.75 Å². The first-order valence-electron chi connectivity index (χ1n) is 5.38. The number of nitrogen functional groups attached to an aromatic ring is 1. The Morgan fingerprint density at radius 2 is 1.81 bits per heavy atom. The van der Waals surface area contributed by atoms with E-state index in [1.807, 2.05) is 0 Å². The number of nitrogens with two attached hydrogens (primary N) is 1. The van der Waals surface area contributed by atoms with E-state index in [-0.39, 0.29) is 16.5 Å². The normalized spacial score (nSPS) is 12.6. The van der Waals surface area contributed by atoms with Gasteiger partial charge in [-0.05, 0) is 30.3 Å². The summed E-state index contributed by atoms with van der Waals surface area (Å²) in [5, 5.41) is 0.0457. The maximum Gasteiger partial charge on any atom is 0.250 e. The number of anilines is 1. The van der Waals surface area contributed by atoms with E-state index in [2.05, 4.69) is 33.9 Å². The molecule has 2 nitrogen and oxygen atoms in total. The van der Waals surface area contributed by atoms with E-state index in [9.17, 15) is 4.39 Å². The van der Waals surface area contributed by atoms with Gasteiger partial charge in [-0.1, -0.05) is 26.8 Å². The molecule has 0 aromatic heterocycles. The predicted molar refractivity (Wildman–Crippen MR) is 68.6 cm³/mol. The van der Waals surface area contributed by atoms with Gasteiger partial charge in [0.25, 0.3) is 8.32 Å². The van der Waals surface area contributed by atoms with E-state index >= 15 is 0 Å². The van der Waals surface area contributed by atoms with E-state index in [1.165, 1.54) is 6.07 Å². The van der Waals surface area contributed by atoms with Crippen molar-refractivity contribution in [3.8, 4) is 5.75 Å². The fourth-order valence-electron chi connectivity index (χ4n) is 1.03. The molecule has 90 valence electrons. The average molecular weight is 241 g/mol. The predicted octanol–water partition coefficient (Wildman–Crippen LogP) is 3.79. The summed E-state index contributed by atoms with van der Waals surface area (Å²) in [6, 6.07) is 4.88. The van der Waals surface area contributed by atoms with E-state index in [1.54, 1.807) is 12.1 Å². The molecule has 0 aliphatic carbocycles. The van der Waals surface area contributed by atoms with Gasteiger partial charge in [0.1, 0.15) is 5.75 Å². The molecule has 0 saturated carbocycles. The number of hydrogen-bond acceptors (Lipinski definition) is 2. The van der Waals surface area contributed by atoms with Gasteiger partial charge >= 0.3 is 0 Å². The molecule has 1 rings (SSSR count). The molecular formula is C12H20FNOSi. The van der Waals surface area contributed by atoms with Gasteiger partial charge in [0.05, 0.1) is 5.69 Å². The molecule has 0 radical (unpaired) electrons. The lowest BCUT2D eigenvalue weighted by Crippen LogP contribution is -2.44.